The van der Waals surface area contributed by atoms with E-state index in [-0.39, 0.29) is 11.5 Å². The van der Waals surface area contributed by atoms with Gasteiger partial charge in [0, 0.05) is 17.6 Å². The van der Waals surface area contributed by atoms with Crippen molar-refractivity contribution in [1.29, 1.82) is 0 Å². The second-order valence-electron chi connectivity index (χ2n) is 4.76. The molecule has 5 heteroatoms. The molecule has 0 aliphatic carbocycles. The van der Waals surface area contributed by atoms with E-state index >= 15 is 0 Å². The number of rotatable bonds is 4. The molecule has 2 rings (SSSR count). The molecule has 2 aromatic rings. The lowest BCUT2D eigenvalue weighted by atomic mass is 10.2. The third kappa shape index (κ3) is 3.13. The minimum Gasteiger partial charge on any atom is -0.478 e. The average Bonchev–Trinajstić information content (AvgIpc) is 2.87. The van der Waals surface area contributed by atoms with Crippen LogP contribution in [-0.4, -0.2) is 24.0 Å². The van der Waals surface area contributed by atoms with Gasteiger partial charge in [0.2, 0.25) is 0 Å². The predicted octanol–water partition coefficient (Wildman–Crippen LogP) is 3.59. The molecule has 0 unspecified atom stereocenters. The maximum atomic E-state index is 12.5. The minimum absolute atomic E-state index is 0.0779. The van der Waals surface area contributed by atoms with Crippen LogP contribution in [0.1, 0.15) is 37.4 Å². The molecule has 110 valence electrons. The summed E-state index contributed by atoms with van der Waals surface area (Å²) in [4.78, 5) is 26.7. The molecule has 1 N–H and O–H groups in total. The van der Waals surface area contributed by atoms with Gasteiger partial charge in [-0.05, 0) is 49.2 Å². The Balaban J connectivity index is 2.23. The molecule has 1 aromatic heterocycles. The third-order valence-electron chi connectivity index (χ3n) is 3.42. The highest BCUT2D eigenvalue weighted by Gasteiger charge is 2.17. The van der Waals surface area contributed by atoms with Crippen LogP contribution in [0.2, 0.25) is 0 Å². The van der Waals surface area contributed by atoms with Crippen molar-refractivity contribution in [2.45, 2.75) is 20.3 Å². The lowest BCUT2D eigenvalue weighted by Crippen LogP contribution is -2.25. The maximum absolute atomic E-state index is 12.5. The molecule has 0 bridgehead atoms. The zero-order chi connectivity index (χ0) is 15.6. The lowest BCUT2D eigenvalue weighted by molar-refractivity contribution is 0.0696. The number of carboxylic acid groups (broad SMARTS) is 1. The van der Waals surface area contributed by atoms with Crippen LogP contribution in [0.4, 0.5) is 5.69 Å². The molecular weight excluding hydrogens is 286 g/mol. The second-order valence-corrected chi connectivity index (χ2v) is 6.02. The quantitative estimate of drug-likeness (QED) is 0.939. The SMILES string of the molecule is CCc1cc(C(=O)N(C)c2ccc(C(=O)O)cc2)sc1C. The van der Waals surface area contributed by atoms with Crippen molar-refractivity contribution >= 4 is 28.9 Å². The van der Waals surface area contributed by atoms with E-state index in [0.29, 0.717) is 10.6 Å². The average molecular weight is 303 g/mol. The summed E-state index contributed by atoms with van der Waals surface area (Å²) in [5.41, 5.74) is 2.08. The van der Waals surface area contributed by atoms with Gasteiger partial charge in [0.05, 0.1) is 10.4 Å². The number of amides is 1. The Morgan fingerprint density at radius 2 is 1.86 bits per heavy atom. The standard InChI is InChI=1S/C16H17NO3S/c1-4-11-9-14(21-10(11)2)15(18)17(3)13-7-5-12(6-8-13)16(19)20/h5-9H,4H2,1-3H3,(H,19,20). The first kappa shape index (κ1) is 15.3. The van der Waals surface area contributed by atoms with Crippen LogP contribution >= 0.6 is 11.3 Å². The molecule has 0 saturated carbocycles. The molecule has 0 saturated heterocycles. The largest absolute Gasteiger partial charge is 0.478 e. The summed E-state index contributed by atoms with van der Waals surface area (Å²) in [6.45, 7) is 4.08. The van der Waals surface area contributed by atoms with E-state index in [0.717, 1.165) is 11.3 Å². The van der Waals surface area contributed by atoms with Gasteiger partial charge in [-0.25, -0.2) is 4.79 Å². The van der Waals surface area contributed by atoms with Crippen LogP contribution in [0.15, 0.2) is 30.3 Å². The Hall–Kier alpha value is -2.14. The first-order chi connectivity index (χ1) is 9.93. The van der Waals surface area contributed by atoms with Crippen LogP contribution in [0, 0.1) is 6.92 Å². The van der Waals surface area contributed by atoms with E-state index in [1.807, 2.05) is 13.0 Å². The van der Waals surface area contributed by atoms with E-state index < -0.39 is 5.97 Å². The van der Waals surface area contributed by atoms with Crippen LogP contribution in [0.25, 0.3) is 0 Å². The second kappa shape index (κ2) is 6.10. The number of aryl methyl sites for hydroxylation is 2. The number of carbonyl (C=O) groups excluding carboxylic acids is 1. The zero-order valence-corrected chi connectivity index (χ0v) is 13.0. The normalized spacial score (nSPS) is 10.4. The van der Waals surface area contributed by atoms with Gasteiger partial charge < -0.3 is 10.0 Å². The fourth-order valence-corrected chi connectivity index (χ4v) is 3.18. The molecule has 0 fully saturated rings. The zero-order valence-electron chi connectivity index (χ0n) is 12.2. The number of carbonyl (C=O) groups is 2. The first-order valence-corrected chi connectivity index (χ1v) is 7.46. The number of nitrogens with zero attached hydrogens (tertiary/aromatic N) is 1. The Morgan fingerprint density at radius 1 is 1.24 bits per heavy atom. The smallest absolute Gasteiger partial charge is 0.335 e. The fourth-order valence-electron chi connectivity index (χ4n) is 2.09. The lowest BCUT2D eigenvalue weighted by Gasteiger charge is -2.16. The van der Waals surface area contributed by atoms with Crippen LogP contribution in [0.3, 0.4) is 0 Å². The predicted molar refractivity (Wildman–Crippen MR) is 84.6 cm³/mol. The van der Waals surface area contributed by atoms with Crippen molar-refractivity contribution in [3.63, 3.8) is 0 Å². The minimum atomic E-state index is -0.975. The number of hydrogen-bond donors (Lipinski definition) is 1. The number of benzene rings is 1. The van der Waals surface area contributed by atoms with Crippen LogP contribution in [-0.2, 0) is 6.42 Å². The number of hydrogen-bond acceptors (Lipinski definition) is 3. The monoisotopic (exact) mass is 303 g/mol. The highest BCUT2D eigenvalue weighted by atomic mass is 32.1. The van der Waals surface area contributed by atoms with Gasteiger partial charge in [-0.1, -0.05) is 6.92 Å². The molecule has 21 heavy (non-hydrogen) atoms. The fraction of sp³-hybridized carbons (Fsp3) is 0.250. The van der Waals surface area contributed by atoms with E-state index in [1.165, 1.54) is 33.9 Å². The molecule has 4 nitrogen and oxygen atoms in total. The first-order valence-electron chi connectivity index (χ1n) is 6.64. The molecule has 1 aromatic carbocycles. The van der Waals surface area contributed by atoms with Crippen molar-refractivity contribution in [1.82, 2.24) is 0 Å². The molecule has 0 aliphatic rings. The van der Waals surface area contributed by atoms with E-state index in [2.05, 4.69) is 6.92 Å². The van der Waals surface area contributed by atoms with Crippen LogP contribution in [0.5, 0.6) is 0 Å². The molecule has 1 amide bonds. The molecular formula is C16H17NO3S. The Morgan fingerprint density at radius 3 is 2.33 bits per heavy atom. The summed E-state index contributed by atoms with van der Waals surface area (Å²) < 4.78 is 0. The van der Waals surface area contributed by atoms with Crippen molar-refractivity contribution in [2.75, 3.05) is 11.9 Å². The van der Waals surface area contributed by atoms with E-state index in [1.54, 1.807) is 19.2 Å². The van der Waals surface area contributed by atoms with E-state index in [9.17, 15) is 9.59 Å². The summed E-state index contributed by atoms with van der Waals surface area (Å²) in [6.07, 6.45) is 0.909. The van der Waals surface area contributed by atoms with Crippen molar-refractivity contribution in [3.05, 3.63) is 51.2 Å². The summed E-state index contributed by atoms with van der Waals surface area (Å²) >= 11 is 1.49. The number of carboxylic acids is 1. The molecule has 0 aliphatic heterocycles. The van der Waals surface area contributed by atoms with E-state index in [4.69, 9.17) is 5.11 Å². The molecule has 0 spiro atoms. The molecule has 0 radical (unpaired) electrons. The van der Waals surface area contributed by atoms with Gasteiger partial charge in [-0.3, -0.25) is 4.79 Å². The maximum Gasteiger partial charge on any atom is 0.335 e. The van der Waals surface area contributed by atoms with Gasteiger partial charge in [0.25, 0.3) is 5.91 Å². The Kier molecular flexibility index (Phi) is 4.43. The summed E-state index contributed by atoms with van der Waals surface area (Å²) in [7, 11) is 1.69. The highest BCUT2D eigenvalue weighted by Crippen LogP contribution is 2.25. The van der Waals surface area contributed by atoms with Gasteiger partial charge in [0.15, 0.2) is 0 Å². The van der Waals surface area contributed by atoms with Gasteiger partial charge in [0.1, 0.15) is 0 Å². The number of thiophene rings is 1. The van der Waals surface area contributed by atoms with Crippen LogP contribution < -0.4 is 4.90 Å². The molecule has 1 heterocycles. The molecule has 0 atom stereocenters. The number of aromatic carboxylic acids is 1. The van der Waals surface area contributed by atoms with Gasteiger partial charge in [-0.2, -0.15) is 0 Å². The highest BCUT2D eigenvalue weighted by molar-refractivity contribution is 7.14. The van der Waals surface area contributed by atoms with Gasteiger partial charge >= 0.3 is 5.97 Å². The summed E-state index contributed by atoms with van der Waals surface area (Å²) in [6, 6.07) is 8.22. The van der Waals surface area contributed by atoms with Crippen molar-refractivity contribution < 1.29 is 14.7 Å². The Bertz CT molecular complexity index is 673. The van der Waals surface area contributed by atoms with Crippen molar-refractivity contribution in [2.24, 2.45) is 0 Å². The van der Waals surface area contributed by atoms with Crippen molar-refractivity contribution in [3.8, 4) is 0 Å². The number of anilines is 1. The van der Waals surface area contributed by atoms with Gasteiger partial charge in [-0.15, -0.1) is 11.3 Å². The summed E-state index contributed by atoms with van der Waals surface area (Å²) in [5.74, 6) is -1.05. The Labute approximate surface area is 127 Å². The third-order valence-corrected chi connectivity index (χ3v) is 4.50. The topological polar surface area (TPSA) is 57.6 Å². The summed E-state index contributed by atoms with van der Waals surface area (Å²) in [5, 5.41) is 8.88.